The molecular formula is C19H17BrCl2N2O2. The van der Waals surface area contributed by atoms with E-state index in [1.54, 1.807) is 17.0 Å². The van der Waals surface area contributed by atoms with Crippen molar-refractivity contribution in [3.8, 4) is 0 Å². The van der Waals surface area contributed by atoms with Gasteiger partial charge >= 0.3 is 0 Å². The minimum absolute atomic E-state index is 0.194. The van der Waals surface area contributed by atoms with Crippen LogP contribution in [0.1, 0.15) is 28.8 Å². The Morgan fingerprint density at radius 1 is 1.15 bits per heavy atom. The van der Waals surface area contributed by atoms with Crippen molar-refractivity contribution >= 4 is 56.6 Å². The Hall–Kier alpha value is -1.56. The number of aryl methyl sites for hydroxylation is 1. The molecule has 1 aliphatic rings. The van der Waals surface area contributed by atoms with Crippen molar-refractivity contribution in [1.82, 2.24) is 4.90 Å². The third-order valence-corrected chi connectivity index (χ3v) is 5.76. The molecule has 2 amide bonds. The first-order chi connectivity index (χ1) is 12.4. The number of amides is 2. The number of hydrogen-bond donors (Lipinski definition) is 1. The van der Waals surface area contributed by atoms with Gasteiger partial charge in [-0.25, -0.2) is 0 Å². The quantitative estimate of drug-likeness (QED) is 0.681. The van der Waals surface area contributed by atoms with Crippen molar-refractivity contribution in [2.45, 2.75) is 25.8 Å². The van der Waals surface area contributed by atoms with Crippen LogP contribution < -0.4 is 5.32 Å². The molecule has 1 heterocycles. The minimum atomic E-state index is -0.509. The van der Waals surface area contributed by atoms with E-state index >= 15 is 0 Å². The number of carbonyl (C=O) groups is 2. The normalized spacial score (nSPS) is 16.6. The molecule has 0 saturated carbocycles. The summed E-state index contributed by atoms with van der Waals surface area (Å²) in [5.74, 6) is -0.412. The van der Waals surface area contributed by atoms with E-state index in [1.165, 1.54) is 6.07 Å². The Morgan fingerprint density at radius 3 is 2.62 bits per heavy atom. The molecule has 0 bridgehead atoms. The molecule has 1 aliphatic heterocycles. The molecule has 2 aromatic rings. The second-order valence-electron chi connectivity index (χ2n) is 6.26. The Labute approximate surface area is 170 Å². The summed E-state index contributed by atoms with van der Waals surface area (Å²) >= 11 is 15.4. The molecule has 136 valence electrons. The number of carbonyl (C=O) groups excluding carboxylic acids is 2. The summed E-state index contributed by atoms with van der Waals surface area (Å²) in [5.41, 5.74) is 2.21. The molecule has 0 aromatic heterocycles. The van der Waals surface area contributed by atoms with Gasteiger partial charge in [-0.1, -0.05) is 29.3 Å². The van der Waals surface area contributed by atoms with Gasteiger partial charge in [0.05, 0.1) is 15.7 Å². The van der Waals surface area contributed by atoms with Crippen molar-refractivity contribution in [2.24, 2.45) is 0 Å². The number of hydrogen-bond acceptors (Lipinski definition) is 2. The van der Waals surface area contributed by atoms with Crippen LogP contribution in [-0.4, -0.2) is 29.3 Å². The van der Waals surface area contributed by atoms with E-state index in [0.717, 1.165) is 16.5 Å². The third kappa shape index (κ3) is 4.05. The highest BCUT2D eigenvalue weighted by molar-refractivity contribution is 9.10. The maximum Gasteiger partial charge on any atom is 0.254 e. The van der Waals surface area contributed by atoms with Crippen molar-refractivity contribution in [3.63, 3.8) is 0 Å². The van der Waals surface area contributed by atoms with Gasteiger partial charge in [0.2, 0.25) is 5.91 Å². The van der Waals surface area contributed by atoms with Crippen LogP contribution in [0.25, 0.3) is 0 Å². The van der Waals surface area contributed by atoms with Crippen molar-refractivity contribution in [1.29, 1.82) is 0 Å². The van der Waals surface area contributed by atoms with Crippen molar-refractivity contribution in [2.75, 3.05) is 11.9 Å². The minimum Gasteiger partial charge on any atom is -0.327 e. The molecule has 1 unspecified atom stereocenters. The number of nitrogens with zero attached hydrogens (tertiary/aromatic N) is 1. The first-order valence-electron chi connectivity index (χ1n) is 8.20. The van der Waals surface area contributed by atoms with E-state index in [4.69, 9.17) is 23.2 Å². The van der Waals surface area contributed by atoms with Crippen LogP contribution in [0.3, 0.4) is 0 Å². The number of anilines is 1. The van der Waals surface area contributed by atoms with Gasteiger partial charge in [-0.3, -0.25) is 9.59 Å². The maximum atomic E-state index is 12.8. The van der Waals surface area contributed by atoms with Crippen LogP contribution in [0.2, 0.25) is 10.0 Å². The van der Waals surface area contributed by atoms with Crippen LogP contribution in [0.5, 0.6) is 0 Å². The topological polar surface area (TPSA) is 49.4 Å². The molecule has 4 nitrogen and oxygen atoms in total. The van der Waals surface area contributed by atoms with Gasteiger partial charge in [0, 0.05) is 16.6 Å². The summed E-state index contributed by atoms with van der Waals surface area (Å²) in [7, 11) is 0. The summed E-state index contributed by atoms with van der Waals surface area (Å²) in [6.45, 7) is 2.51. The fourth-order valence-corrected chi connectivity index (χ4v) is 3.91. The number of benzene rings is 2. The SMILES string of the molecule is Cc1ccc(NC(=O)C2CCCN2C(=O)c2ccc(Cl)c(Cl)c2)c(Br)c1. The van der Waals surface area contributed by atoms with E-state index in [2.05, 4.69) is 21.2 Å². The highest BCUT2D eigenvalue weighted by atomic mass is 79.9. The number of likely N-dealkylation sites (tertiary alicyclic amines) is 1. The zero-order valence-corrected chi connectivity index (χ0v) is 17.2. The molecule has 26 heavy (non-hydrogen) atoms. The second kappa shape index (κ2) is 7.99. The van der Waals surface area contributed by atoms with Gasteiger partial charge in [-0.2, -0.15) is 0 Å². The molecule has 2 aromatic carbocycles. The van der Waals surface area contributed by atoms with Gasteiger partial charge in [-0.15, -0.1) is 0 Å². The summed E-state index contributed by atoms with van der Waals surface area (Å²) in [4.78, 5) is 27.2. The van der Waals surface area contributed by atoms with Gasteiger partial charge in [0.1, 0.15) is 6.04 Å². The molecule has 0 radical (unpaired) electrons. The predicted octanol–water partition coefficient (Wildman–Crippen LogP) is 5.31. The first kappa shape index (κ1) is 19.2. The molecule has 3 rings (SSSR count). The van der Waals surface area contributed by atoms with Crippen LogP contribution in [0, 0.1) is 6.92 Å². The zero-order valence-electron chi connectivity index (χ0n) is 14.1. The lowest BCUT2D eigenvalue weighted by atomic mass is 10.1. The predicted molar refractivity (Wildman–Crippen MR) is 108 cm³/mol. The highest BCUT2D eigenvalue weighted by Crippen LogP contribution is 2.28. The van der Waals surface area contributed by atoms with Crippen LogP contribution >= 0.6 is 39.1 Å². The summed E-state index contributed by atoms with van der Waals surface area (Å²) in [6, 6.07) is 9.95. The lowest BCUT2D eigenvalue weighted by Crippen LogP contribution is -2.43. The van der Waals surface area contributed by atoms with E-state index in [-0.39, 0.29) is 11.8 Å². The standard InChI is InChI=1S/C19H17BrCl2N2O2/c1-11-4-7-16(13(20)9-11)23-18(25)17-3-2-8-24(17)19(26)12-5-6-14(21)15(22)10-12/h4-7,9-10,17H,2-3,8H2,1H3,(H,23,25). The number of rotatable bonds is 3. The number of nitrogens with one attached hydrogen (secondary N) is 1. The fourth-order valence-electron chi connectivity index (χ4n) is 3.01. The molecule has 1 atom stereocenters. The lowest BCUT2D eigenvalue weighted by Gasteiger charge is -2.24. The number of halogens is 3. The van der Waals surface area contributed by atoms with Gasteiger partial charge < -0.3 is 10.2 Å². The summed E-state index contributed by atoms with van der Waals surface area (Å²) < 4.78 is 0.811. The van der Waals surface area contributed by atoms with Crippen molar-refractivity contribution < 1.29 is 9.59 Å². The average molecular weight is 456 g/mol. The van der Waals surface area contributed by atoms with E-state index in [9.17, 15) is 9.59 Å². The molecule has 1 fully saturated rings. The maximum absolute atomic E-state index is 12.8. The summed E-state index contributed by atoms with van der Waals surface area (Å²) in [5, 5.41) is 3.62. The van der Waals surface area contributed by atoms with Gasteiger partial charge in [-0.05, 0) is 71.6 Å². The monoisotopic (exact) mass is 454 g/mol. The van der Waals surface area contributed by atoms with Crippen LogP contribution in [0.15, 0.2) is 40.9 Å². The summed E-state index contributed by atoms with van der Waals surface area (Å²) in [6.07, 6.45) is 1.41. The molecule has 7 heteroatoms. The third-order valence-electron chi connectivity index (χ3n) is 4.37. The van der Waals surface area contributed by atoms with Gasteiger partial charge in [0.25, 0.3) is 5.91 Å². The van der Waals surface area contributed by atoms with Crippen LogP contribution in [0.4, 0.5) is 5.69 Å². The Bertz CT molecular complexity index is 873. The Kier molecular flexibility index (Phi) is 5.90. The van der Waals surface area contributed by atoms with Crippen molar-refractivity contribution in [3.05, 3.63) is 62.0 Å². The lowest BCUT2D eigenvalue weighted by molar-refractivity contribution is -0.119. The molecule has 1 saturated heterocycles. The molecular weight excluding hydrogens is 439 g/mol. The average Bonchev–Trinajstić information content (AvgIpc) is 3.09. The molecule has 0 aliphatic carbocycles. The van der Waals surface area contributed by atoms with E-state index < -0.39 is 6.04 Å². The zero-order chi connectivity index (χ0) is 18.8. The van der Waals surface area contributed by atoms with E-state index in [0.29, 0.717) is 34.3 Å². The molecule has 0 spiro atoms. The fraction of sp³-hybridized carbons (Fsp3) is 0.263. The highest BCUT2D eigenvalue weighted by Gasteiger charge is 2.34. The molecule has 1 N–H and O–H groups in total. The Balaban J connectivity index is 1.77. The van der Waals surface area contributed by atoms with E-state index in [1.807, 2.05) is 25.1 Å². The smallest absolute Gasteiger partial charge is 0.254 e. The largest absolute Gasteiger partial charge is 0.327 e. The Morgan fingerprint density at radius 2 is 1.92 bits per heavy atom. The second-order valence-corrected chi connectivity index (χ2v) is 7.93. The first-order valence-corrected chi connectivity index (χ1v) is 9.75. The van der Waals surface area contributed by atoms with Crippen LogP contribution in [-0.2, 0) is 4.79 Å². The van der Waals surface area contributed by atoms with Gasteiger partial charge in [0.15, 0.2) is 0 Å².